The molecular weight excluding hydrogens is 668 g/mol. The Labute approximate surface area is 249 Å². The Hall–Kier alpha value is -3.17. The zero-order chi connectivity index (χ0) is 28.4. The van der Waals surface area contributed by atoms with E-state index >= 15 is 0 Å². The minimum atomic E-state index is -4.10. The third-order valence-corrected chi connectivity index (χ3v) is 7.25. The molecule has 0 aliphatic rings. The van der Waals surface area contributed by atoms with Crippen LogP contribution in [0.15, 0.2) is 82.3 Å². The quantitative estimate of drug-likeness (QED) is 0.136. The molecule has 0 saturated heterocycles. The van der Waals surface area contributed by atoms with Crippen LogP contribution in [0.2, 0.25) is 0 Å². The minimum absolute atomic E-state index is 0.0369. The van der Waals surface area contributed by atoms with Crippen molar-refractivity contribution in [3.63, 3.8) is 0 Å². The monoisotopic (exact) mass is 692 g/mol. The van der Waals surface area contributed by atoms with E-state index in [2.05, 4.69) is 61.2 Å². The van der Waals surface area contributed by atoms with E-state index in [1.54, 1.807) is 24.5 Å². The van der Waals surface area contributed by atoms with Crippen LogP contribution in [0.4, 0.5) is 5.82 Å². The van der Waals surface area contributed by atoms with E-state index in [4.69, 9.17) is 14.2 Å². The van der Waals surface area contributed by atoms with Crippen LogP contribution >= 0.6 is 31.9 Å². The molecule has 0 bridgehead atoms. The molecule has 0 radical (unpaired) electrons. The molecule has 4 aromatic rings. The summed E-state index contributed by atoms with van der Waals surface area (Å²) in [6, 6.07) is 16.9. The van der Waals surface area contributed by atoms with Gasteiger partial charge in [0.15, 0.2) is 5.82 Å². The van der Waals surface area contributed by atoms with Crippen molar-refractivity contribution in [3.05, 3.63) is 87.8 Å². The van der Waals surface area contributed by atoms with E-state index in [1.165, 1.54) is 6.33 Å². The molecule has 40 heavy (non-hydrogen) atoms. The molecule has 0 amide bonds. The van der Waals surface area contributed by atoms with Gasteiger partial charge in [-0.1, -0.05) is 65.3 Å². The van der Waals surface area contributed by atoms with E-state index < -0.39 is 16.4 Å². The first-order valence-corrected chi connectivity index (χ1v) is 15.2. The summed E-state index contributed by atoms with van der Waals surface area (Å²) < 4.78 is 50.1. The number of rotatable bonds is 14. The molecule has 0 spiro atoms. The highest BCUT2D eigenvalue weighted by atomic mass is 79.9. The van der Waals surface area contributed by atoms with Crippen LogP contribution in [0.25, 0.3) is 11.1 Å². The number of nitrogens with one attached hydrogen (secondary N) is 2. The Morgan fingerprint density at radius 3 is 2.27 bits per heavy atom. The van der Waals surface area contributed by atoms with Gasteiger partial charge in [-0.3, -0.25) is 4.72 Å². The summed E-state index contributed by atoms with van der Waals surface area (Å²) in [6.07, 6.45) is 4.01. The largest absolute Gasteiger partial charge is 0.473 e. The van der Waals surface area contributed by atoms with Crippen LogP contribution < -0.4 is 18.9 Å². The number of benzene rings is 2. The lowest BCUT2D eigenvalue weighted by atomic mass is 10.1. The van der Waals surface area contributed by atoms with E-state index in [0.29, 0.717) is 17.5 Å². The summed E-state index contributed by atoms with van der Waals surface area (Å²) in [5.74, 6) is 0.206. The van der Waals surface area contributed by atoms with Gasteiger partial charge < -0.3 is 14.2 Å². The molecule has 4 rings (SSSR count). The number of hydrogen-bond donors (Lipinski definition) is 2. The molecule has 0 fully saturated rings. The fourth-order valence-corrected chi connectivity index (χ4v) is 4.93. The van der Waals surface area contributed by atoms with Gasteiger partial charge in [0.25, 0.3) is 0 Å². The van der Waals surface area contributed by atoms with Crippen molar-refractivity contribution in [3.8, 4) is 23.0 Å². The molecule has 0 aliphatic heterocycles. The average molecular weight is 694 g/mol. The van der Waals surface area contributed by atoms with Crippen LogP contribution in [0, 0.1) is 0 Å². The fraction of sp³-hybridized carbons (Fsp3) is 0.231. The molecule has 1 unspecified atom stereocenters. The Balaban J connectivity index is 1.49. The zero-order valence-corrected chi connectivity index (χ0v) is 25.3. The topological polar surface area (TPSA) is 137 Å². The number of ether oxygens (including phenoxy) is 3. The van der Waals surface area contributed by atoms with Crippen molar-refractivity contribution < 1.29 is 22.6 Å². The lowest BCUT2D eigenvalue weighted by Crippen LogP contribution is -2.40. The average Bonchev–Trinajstić information content (AvgIpc) is 2.95. The van der Waals surface area contributed by atoms with Gasteiger partial charge in [0.05, 0.1) is 16.6 Å². The van der Waals surface area contributed by atoms with Gasteiger partial charge in [0, 0.05) is 16.9 Å². The SMILES string of the molecule is CCC(NS(=O)(=O)Nc1ncnc(OCCOc2ncc(Br)cn2)c1-c1ccc(Br)cc1)OCc1ccccc1. The molecule has 2 aromatic carbocycles. The highest BCUT2D eigenvalue weighted by molar-refractivity contribution is 9.10. The summed E-state index contributed by atoms with van der Waals surface area (Å²) in [7, 11) is -4.10. The molecular formula is C26H26Br2N6O5S. The Bertz CT molecular complexity index is 1480. The molecule has 0 saturated carbocycles. The first kappa shape index (κ1) is 29.8. The van der Waals surface area contributed by atoms with E-state index in [1.807, 2.05) is 49.4 Å². The third kappa shape index (κ3) is 8.93. The first-order chi connectivity index (χ1) is 19.3. The summed E-state index contributed by atoms with van der Waals surface area (Å²) in [5.41, 5.74) is 1.93. The molecule has 11 nitrogen and oxygen atoms in total. The Morgan fingerprint density at radius 1 is 0.875 bits per heavy atom. The standard InChI is InChI=1S/C26H26Br2N6O5S/c1-2-22(39-16-18-6-4-3-5-7-18)33-40(35,36)34-24-23(19-8-10-20(27)11-9-19)25(32-17-31-24)37-12-13-38-26-29-14-21(28)15-30-26/h3-11,14-15,17,22,33H,2,12-13,16H2,1H3,(H,31,32,34). The number of anilines is 1. The highest BCUT2D eigenvalue weighted by Crippen LogP contribution is 2.35. The summed E-state index contributed by atoms with van der Waals surface area (Å²) in [4.78, 5) is 16.6. The van der Waals surface area contributed by atoms with Crippen molar-refractivity contribution >= 4 is 47.9 Å². The van der Waals surface area contributed by atoms with Gasteiger partial charge in [-0.2, -0.15) is 13.1 Å². The number of halogens is 2. The lowest BCUT2D eigenvalue weighted by molar-refractivity contribution is 0.0310. The van der Waals surface area contributed by atoms with Crippen LogP contribution in [0.1, 0.15) is 18.9 Å². The van der Waals surface area contributed by atoms with Crippen LogP contribution in [0.5, 0.6) is 11.9 Å². The summed E-state index contributed by atoms with van der Waals surface area (Å²) in [6.45, 7) is 2.30. The molecule has 2 N–H and O–H groups in total. The van der Waals surface area contributed by atoms with Crippen molar-refractivity contribution in [2.24, 2.45) is 0 Å². The lowest BCUT2D eigenvalue weighted by Gasteiger charge is -2.20. The van der Waals surface area contributed by atoms with Gasteiger partial charge in [-0.05, 0) is 45.6 Å². The maximum atomic E-state index is 13.1. The first-order valence-electron chi connectivity index (χ1n) is 12.1. The minimum Gasteiger partial charge on any atom is -0.473 e. The summed E-state index contributed by atoms with van der Waals surface area (Å²) >= 11 is 6.69. The second kappa shape index (κ2) is 14.5. The molecule has 2 aromatic heterocycles. The van der Waals surface area contributed by atoms with Gasteiger partial charge in [0.2, 0.25) is 5.88 Å². The summed E-state index contributed by atoms with van der Waals surface area (Å²) in [5, 5.41) is 0. The third-order valence-electron chi connectivity index (χ3n) is 5.28. The maximum Gasteiger partial charge on any atom is 0.316 e. The maximum absolute atomic E-state index is 13.1. The van der Waals surface area contributed by atoms with Crippen molar-refractivity contribution in [1.29, 1.82) is 0 Å². The number of aromatic nitrogens is 4. The predicted octanol–water partition coefficient (Wildman–Crippen LogP) is 5.12. The molecule has 210 valence electrons. The van der Waals surface area contributed by atoms with E-state index in [9.17, 15) is 8.42 Å². The number of hydrogen-bond acceptors (Lipinski definition) is 9. The van der Waals surface area contributed by atoms with E-state index in [-0.39, 0.29) is 37.5 Å². The molecule has 1 atom stereocenters. The molecule has 2 heterocycles. The molecule has 0 aliphatic carbocycles. The Morgan fingerprint density at radius 2 is 1.57 bits per heavy atom. The van der Waals surface area contributed by atoms with Crippen LogP contribution in [0.3, 0.4) is 0 Å². The second-order valence-electron chi connectivity index (χ2n) is 8.21. The van der Waals surface area contributed by atoms with Crippen LogP contribution in [-0.2, 0) is 21.6 Å². The van der Waals surface area contributed by atoms with Gasteiger partial charge in [0.1, 0.15) is 25.8 Å². The normalized spacial score (nSPS) is 12.1. The number of nitrogens with zero attached hydrogens (tertiary/aromatic N) is 4. The van der Waals surface area contributed by atoms with Crippen LogP contribution in [-0.4, -0.2) is 47.8 Å². The highest BCUT2D eigenvalue weighted by Gasteiger charge is 2.22. The van der Waals surface area contributed by atoms with Gasteiger partial charge >= 0.3 is 16.2 Å². The zero-order valence-electron chi connectivity index (χ0n) is 21.3. The van der Waals surface area contributed by atoms with Gasteiger partial charge in [-0.25, -0.2) is 19.9 Å². The smallest absolute Gasteiger partial charge is 0.316 e. The van der Waals surface area contributed by atoms with Crippen molar-refractivity contribution in [2.75, 3.05) is 17.9 Å². The predicted molar refractivity (Wildman–Crippen MR) is 157 cm³/mol. The van der Waals surface area contributed by atoms with E-state index in [0.717, 1.165) is 14.5 Å². The van der Waals surface area contributed by atoms with Crippen molar-refractivity contribution in [2.45, 2.75) is 26.2 Å². The van der Waals surface area contributed by atoms with Crippen molar-refractivity contribution in [1.82, 2.24) is 24.7 Å². The van der Waals surface area contributed by atoms with Gasteiger partial charge in [-0.15, -0.1) is 0 Å². The fourth-order valence-electron chi connectivity index (χ4n) is 3.42. The molecule has 14 heteroatoms. The Kier molecular flexibility index (Phi) is 10.8. The second-order valence-corrected chi connectivity index (χ2v) is 11.5.